The van der Waals surface area contributed by atoms with E-state index in [1.807, 2.05) is 29.2 Å². The SMILES string of the molecule is Brc1cc(CNc2ccccc2-n2ccnc2)cs1. The highest BCUT2D eigenvalue weighted by Gasteiger charge is 2.04. The Hall–Kier alpha value is -1.59. The van der Waals surface area contributed by atoms with Crippen LogP contribution in [0.25, 0.3) is 5.69 Å². The van der Waals surface area contributed by atoms with Crippen molar-refractivity contribution in [3.05, 3.63) is 63.8 Å². The molecule has 96 valence electrons. The van der Waals surface area contributed by atoms with Crippen LogP contribution in [0.15, 0.2) is 58.2 Å². The van der Waals surface area contributed by atoms with Crippen LogP contribution in [-0.4, -0.2) is 9.55 Å². The first-order chi connectivity index (χ1) is 9.33. The Kier molecular flexibility index (Phi) is 3.66. The highest BCUT2D eigenvalue weighted by Crippen LogP contribution is 2.23. The molecule has 0 aliphatic carbocycles. The zero-order valence-electron chi connectivity index (χ0n) is 10.1. The highest BCUT2D eigenvalue weighted by molar-refractivity contribution is 9.11. The summed E-state index contributed by atoms with van der Waals surface area (Å²) in [5.74, 6) is 0. The molecule has 0 fully saturated rings. The van der Waals surface area contributed by atoms with Gasteiger partial charge in [0.05, 0.1) is 21.5 Å². The Labute approximate surface area is 124 Å². The van der Waals surface area contributed by atoms with Crippen LogP contribution in [0.2, 0.25) is 0 Å². The number of hydrogen-bond acceptors (Lipinski definition) is 3. The van der Waals surface area contributed by atoms with Gasteiger partial charge in [0, 0.05) is 18.9 Å². The van der Waals surface area contributed by atoms with Gasteiger partial charge in [-0.2, -0.15) is 0 Å². The molecule has 0 spiro atoms. The van der Waals surface area contributed by atoms with Gasteiger partial charge in [-0.25, -0.2) is 4.98 Å². The summed E-state index contributed by atoms with van der Waals surface area (Å²) in [6.07, 6.45) is 5.54. The average Bonchev–Trinajstić information content (AvgIpc) is 3.08. The van der Waals surface area contributed by atoms with Crippen LogP contribution < -0.4 is 5.32 Å². The van der Waals surface area contributed by atoms with Crippen LogP contribution in [0, 0.1) is 0 Å². The molecule has 0 saturated heterocycles. The third kappa shape index (κ3) is 2.88. The number of halogens is 1. The smallest absolute Gasteiger partial charge is 0.0992 e. The van der Waals surface area contributed by atoms with Crippen molar-refractivity contribution in [2.45, 2.75) is 6.54 Å². The van der Waals surface area contributed by atoms with E-state index in [4.69, 9.17) is 0 Å². The number of benzene rings is 1. The molecule has 1 N–H and O–H groups in total. The van der Waals surface area contributed by atoms with E-state index in [2.05, 4.69) is 49.8 Å². The molecule has 2 aromatic heterocycles. The predicted molar refractivity (Wildman–Crippen MR) is 82.9 cm³/mol. The molecule has 1 aromatic carbocycles. The molecule has 3 nitrogen and oxygen atoms in total. The number of thiophene rings is 1. The third-order valence-electron chi connectivity index (χ3n) is 2.79. The Balaban J connectivity index is 1.81. The lowest BCUT2D eigenvalue weighted by atomic mass is 10.2. The van der Waals surface area contributed by atoms with E-state index in [0.717, 1.165) is 21.7 Å². The van der Waals surface area contributed by atoms with E-state index < -0.39 is 0 Å². The molecular formula is C14H12BrN3S. The van der Waals surface area contributed by atoms with Crippen LogP contribution in [0.1, 0.15) is 5.56 Å². The minimum Gasteiger partial charge on any atom is -0.379 e. The summed E-state index contributed by atoms with van der Waals surface area (Å²) in [4.78, 5) is 4.09. The number of anilines is 1. The van der Waals surface area contributed by atoms with Gasteiger partial charge in [0.2, 0.25) is 0 Å². The van der Waals surface area contributed by atoms with Crippen molar-refractivity contribution in [3.63, 3.8) is 0 Å². The van der Waals surface area contributed by atoms with Gasteiger partial charge in [-0.1, -0.05) is 12.1 Å². The molecule has 3 aromatic rings. The molecule has 19 heavy (non-hydrogen) atoms. The Morgan fingerprint density at radius 1 is 1.32 bits per heavy atom. The Bertz CT molecular complexity index is 661. The molecular weight excluding hydrogens is 322 g/mol. The fraction of sp³-hybridized carbons (Fsp3) is 0.0714. The maximum atomic E-state index is 4.09. The maximum Gasteiger partial charge on any atom is 0.0992 e. The molecule has 0 bridgehead atoms. The molecule has 0 saturated carbocycles. The van der Waals surface area contributed by atoms with Crippen molar-refractivity contribution in [2.75, 3.05) is 5.32 Å². The van der Waals surface area contributed by atoms with Crippen LogP contribution >= 0.6 is 27.3 Å². The minimum absolute atomic E-state index is 0.813. The Morgan fingerprint density at radius 3 is 2.95 bits per heavy atom. The maximum absolute atomic E-state index is 4.09. The number of aromatic nitrogens is 2. The van der Waals surface area contributed by atoms with E-state index in [0.29, 0.717) is 0 Å². The molecule has 0 aliphatic rings. The summed E-state index contributed by atoms with van der Waals surface area (Å²) in [5.41, 5.74) is 3.48. The molecule has 5 heteroatoms. The normalized spacial score (nSPS) is 10.6. The van der Waals surface area contributed by atoms with Gasteiger partial charge in [-0.3, -0.25) is 0 Å². The monoisotopic (exact) mass is 333 g/mol. The van der Waals surface area contributed by atoms with Crippen molar-refractivity contribution in [1.29, 1.82) is 0 Å². The Morgan fingerprint density at radius 2 is 2.21 bits per heavy atom. The molecule has 0 unspecified atom stereocenters. The van der Waals surface area contributed by atoms with E-state index in [9.17, 15) is 0 Å². The molecule has 3 rings (SSSR count). The van der Waals surface area contributed by atoms with Crippen molar-refractivity contribution in [1.82, 2.24) is 9.55 Å². The van der Waals surface area contributed by atoms with Crippen molar-refractivity contribution in [3.8, 4) is 5.69 Å². The van der Waals surface area contributed by atoms with E-state index >= 15 is 0 Å². The molecule has 0 atom stereocenters. The summed E-state index contributed by atoms with van der Waals surface area (Å²) in [5, 5.41) is 5.62. The van der Waals surface area contributed by atoms with Gasteiger partial charge in [-0.05, 0) is 45.1 Å². The van der Waals surface area contributed by atoms with Crippen LogP contribution in [0.4, 0.5) is 5.69 Å². The minimum atomic E-state index is 0.813. The zero-order chi connectivity index (χ0) is 13.1. The fourth-order valence-electron chi connectivity index (χ4n) is 1.89. The lowest BCUT2D eigenvalue weighted by molar-refractivity contribution is 1.04. The van der Waals surface area contributed by atoms with Crippen molar-refractivity contribution < 1.29 is 0 Å². The van der Waals surface area contributed by atoms with Gasteiger partial charge in [-0.15, -0.1) is 11.3 Å². The topological polar surface area (TPSA) is 29.9 Å². The second kappa shape index (κ2) is 5.59. The standard InChI is InChI=1S/C14H12BrN3S/c15-14-7-11(9-19-14)8-17-12-3-1-2-4-13(12)18-6-5-16-10-18/h1-7,9-10,17H,8H2. The van der Waals surface area contributed by atoms with Gasteiger partial charge in [0.15, 0.2) is 0 Å². The van der Waals surface area contributed by atoms with Crippen molar-refractivity contribution in [2.24, 2.45) is 0 Å². The first-order valence-corrected chi connectivity index (χ1v) is 7.54. The lowest BCUT2D eigenvalue weighted by Crippen LogP contribution is -2.02. The number of imidazole rings is 1. The number of para-hydroxylation sites is 2. The summed E-state index contributed by atoms with van der Waals surface area (Å²) < 4.78 is 3.17. The first-order valence-electron chi connectivity index (χ1n) is 5.87. The molecule has 0 aliphatic heterocycles. The quantitative estimate of drug-likeness (QED) is 0.771. The average molecular weight is 334 g/mol. The number of nitrogens with one attached hydrogen (secondary N) is 1. The third-order valence-corrected chi connectivity index (χ3v) is 4.34. The first kappa shape index (κ1) is 12.4. The van der Waals surface area contributed by atoms with Gasteiger partial charge >= 0.3 is 0 Å². The van der Waals surface area contributed by atoms with Crippen LogP contribution in [0.3, 0.4) is 0 Å². The molecule has 0 radical (unpaired) electrons. The summed E-state index contributed by atoms with van der Waals surface area (Å²) in [6.45, 7) is 0.813. The van der Waals surface area contributed by atoms with E-state index in [-0.39, 0.29) is 0 Å². The highest BCUT2D eigenvalue weighted by atomic mass is 79.9. The van der Waals surface area contributed by atoms with Crippen LogP contribution in [-0.2, 0) is 6.54 Å². The van der Waals surface area contributed by atoms with E-state index in [1.54, 1.807) is 17.5 Å². The largest absolute Gasteiger partial charge is 0.379 e. The number of hydrogen-bond donors (Lipinski definition) is 1. The van der Waals surface area contributed by atoms with Gasteiger partial charge < -0.3 is 9.88 Å². The molecule has 0 amide bonds. The summed E-state index contributed by atoms with van der Waals surface area (Å²) in [6, 6.07) is 10.4. The second-order valence-electron chi connectivity index (χ2n) is 4.10. The van der Waals surface area contributed by atoms with E-state index in [1.165, 1.54) is 5.56 Å². The summed E-state index contributed by atoms with van der Waals surface area (Å²) in [7, 11) is 0. The predicted octanol–water partition coefficient (Wildman–Crippen LogP) is 4.31. The summed E-state index contributed by atoms with van der Waals surface area (Å²) >= 11 is 5.19. The molecule has 2 heterocycles. The lowest BCUT2D eigenvalue weighted by Gasteiger charge is -2.11. The zero-order valence-corrected chi connectivity index (χ0v) is 12.5. The van der Waals surface area contributed by atoms with Crippen molar-refractivity contribution >= 4 is 33.0 Å². The van der Waals surface area contributed by atoms with Gasteiger partial charge in [0.25, 0.3) is 0 Å². The number of nitrogens with zero attached hydrogens (tertiary/aromatic N) is 2. The fourth-order valence-corrected chi connectivity index (χ4v) is 3.09. The van der Waals surface area contributed by atoms with Crippen LogP contribution in [0.5, 0.6) is 0 Å². The van der Waals surface area contributed by atoms with Gasteiger partial charge in [0.1, 0.15) is 0 Å². The number of rotatable bonds is 4. The second-order valence-corrected chi connectivity index (χ2v) is 6.39.